The largest absolute Gasteiger partial charge is 0.288 e. The average molecular weight is 319 g/mol. The molecule has 0 radical (unpaired) electrons. The van der Waals surface area contributed by atoms with Crippen LogP contribution in [0.2, 0.25) is 5.02 Å². The molecule has 0 unspecified atom stereocenters. The van der Waals surface area contributed by atoms with Crippen LogP contribution in [0.1, 0.15) is 26.4 Å². The third kappa shape index (κ3) is 2.47. The first kappa shape index (κ1) is 14.2. The lowest BCUT2D eigenvalue weighted by Gasteiger charge is -2.05. The molecule has 0 amide bonds. The zero-order valence-electron chi connectivity index (χ0n) is 11.5. The summed E-state index contributed by atoms with van der Waals surface area (Å²) in [5.41, 5.74) is 2.66. The first-order valence-corrected chi connectivity index (χ1v) is 7.66. The maximum Gasteiger partial charge on any atom is 0.204 e. The Kier molecular flexibility index (Phi) is 3.56. The van der Waals surface area contributed by atoms with Gasteiger partial charge in [0, 0.05) is 15.6 Å². The summed E-state index contributed by atoms with van der Waals surface area (Å²) in [4.78, 5) is 13.1. The van der Waals surface area contributed by atoms with E-state index in [1.165, 1.54) is 23.5 Å². The molecule has 0 N–H and O–H groups in total. The summed E-state index contributed by atoms with van der Waals surface area (Å²) < 4.78 is 14.0. The van der Waals surface area contributed by atoms with E-state index in [4.69, 9.17) is 11.6 Å². The lowest BCUT2D eigenvalue weighted by atomic mass is 10.0. The van der Waals surface area contributed by atoms with Crippen molar-refractivity contribution in [2.75, 3.05) is 0 Å². The molecule has 1 nitrogen and oxygen atoms in total. The van der Waals surface area contributed by atoms with Gasteiger partial charge < -0.3 is 0 Å². The average Bonchev–Trinajstić information content (AvgIpc) is 2.75. The van der Waals surface area contributed by atoms with Crippen LogP contribution in [-0.2, 0) is 0 Å². The SMILES string of the molecule is Cc1ccc(C(=O)c2sc3cc(F)ccc3c2Cl)c(C)c1. The van der Waals surface area contributed by atoms with Gasteiger partial charge in [-0.05, 0) is 37.6 Å². The lowest BCUT2D eigenvalue weighted by Crippen LogP contribution is -2.02. The highest BCUT2D eigenvalue weighted by Crippen LogP contribution is 2.37. The van der Waals surface area contributed by atoms with E-state index in [-0.39, 0.29) is 11.6 Å². The van der Waals surface area contributed by atoms with Crippen LogP contribution in [0, 0.1) is 19.7 Å². The smallest absolute Gasteiger partial charge is 0.204 e. The molecule has 0 aliphatic rings. The molecule has 4 heteroatoms. The van der Waals surface area contributed by atoms with E-state index in [9.17, 15) is 9.18 Å². The van der Waals surface area contributed by atoms with Crippen molar-refractivity contribution in [1.29, 1.82) is 0 Å². The number of hydrogen-bond donors (Lipinski definition) is 0. The fraction of sp³-hybridized carbons (Fsp3) is 0.118. The summed E-state index contributed by atoms with van der Waals surface area (Å²) in [7, 11) is 0. The summed E-state index contributed by atoms with van der Waals surface area (Å²) >= 11 is 7.54. The predicted octanol–water partition coefficient (Wildman–Crippen LogP) is 5.54. The van der Waals surface area contributed by atoms with Crippen molar-refractivity contribution in [3.05, 3.63) is 68.8 Å². The number of hydrogen-bond acceptors (Lipinski definition) is 2. The minimum atomic E-state index is -0.328. The Morgan fingerprint density at radius 2 is 1.90 bits per heavy atom. The van der Waals surface area contributed by atoms with Crippen LogP contribution in [0.25, 0.3) is 10.1 Å². The molecule has 21 heavy (non-hydrogen) atoms. The molecule has 1 heterocycles. The van der Waals surface area contributed by atoms with E-state index in [0.717, 1.165) is 16.5 Å². The normalized spacial score (nSPS) is 11.0. The number of rotatable bonds is 2. The molecule has 106 valence electrons. The highest BCUT2D eigenvalue weighted by atomic mass is 35.5. The van der Waals surface area contributed by atoms with Crippen LogP contribution >= 0.6 is 22.9 Å². The van der Waals surface area contributed by atoms with Gasteiger partial charge in [-0.3, -0.25) is 4.79 Å². The van der Waals surface area contributed by atoms with Crippen LogP contribution in [-0.4, -0.2) is 5.78 Å². The number of carbonyl (C=O) groups excluding carboxylic acids is 1. The number of aryl methyl sites for hydroxylation is 2. The number of carbonyl (C=O) groups is 1. The second kappa shape index (κ2) is 5.24. The van der Waals surface area contributed by atoms with Gasteiger partial charge in [0.1, 0.15) is 5.82 Å². The van der Waals surface area contributed by atoms with Crippen LogP contribution in [0.5, 0.6) is 0 Å². The van der Waals surface area contributed by atoms with Crippen molar-refractivity contribution in [3.8, 4) is 0 Å². The van der Waals surface area contributed by atoms with E-state index >= 15 is 0 Å². The van der Waals surface area contributed by atoms with Crippen molar-refractivity contribution < 1.29 is 9.18 Å². The van der Waals surface area contributed by atoms with Crippen molar-refractivity contribution in [1.82, 2.24) is 0 Å². The minimum absolute atomic E-state index is 0.112. The van der Waals surface area contributed by atoms with E-state index in [2.05, 4.69) is 0 Å². The molecule has 0 spiro atoms. The Balaban J connectivity index is 2.15. The first-order chi connectivity index (χ1) is 9.97. The molecular weight excluding hydrogens is 307 g/mol. The van der Waals surface area contributed by atoms with Crippen LogP contribution in [0.4, 0.5) is 4.39 Å². The molecule has 0 saturated carbocycles. The quantitative estimate of drug-likeness (QED) is 0.567. The van der Waals surface area contributed by atoms with Crippen molar-refractivity contribution in [3.63, 3.8) is 0 Å². The van der Waals surface area contributed by atoms with Gasteiger partial charge in [-0.25, -0.2) is 4.39 Å². The number of halogens is 2. The topological polar surface area (TPSA) is 17.1 Å². The van der Waals surface area contributed by atoms with Gasteiger partial charge in [-0.1, -0.05) is 35.4 Å². The maximum atomic E-state index is 13.3. The summed E-state index contributed by atoms with van der Waals surface area (Å²) in [6, 6.07) is 10.1. The monoisotopic (exact) mass is 318 g/mol. The molecule has 1 aromatic heterocycles. The van der Waals surface area contributed by atoms with Gasteiger partial charge in [0.2, 0.25) is 5.78 Å². The number of benzene rings is 2. The van der Waals surface area contributed by atoms with E-state index in [0.29, 0.717) is 20.2 Å². The Bertz CT molecular complexity index is 867. The van der Waals surface area contributed by atoms with Crippen LogP contribution in [0.3, 0.4) is 0 Å². The molecule has 0 atom stereocenters. The zero-order chi connectivity index (χ0) is 15.1. The number of fused-ring (bicyclic) bond motifs is 1. The Labute approximate surface area is 131 Å². The van der Waals surface area contributed by atoms with Gasteiger partial charge in [0.05, 0.1) is 9.90 Å². The van der Waals surface area contributed by atoms with E-state index in [1.54, 1.807) is 6.07 Å². The van der Waals surface area contributed by atoms with Gasteiger partial charge in [0.15, 0.2) is 0 Å². The van der Waals surface area contributed by atoms with Crippen LogP contribution in [0.15, 0.2) is 36.4 Å². The van der Waals surface area contributed by atoms with Gasteiger partial charge in [0.25, 0.3) is 0 Å². The Hall–Kier alpha value is -1.71. The summed E-state index contributed by atoms with van der Waals surface area (Å²) in [6.45, 7) is 3.89. The highest BCUT2D eigenvalue weighted by Gasteiger charge is 2.20. The van der Waals surface area contributed by atoms with Gasteiger partial charge in [-0.15, -0.1) is 11.3 Å². The third-order valence-corrected chi connectivity index (χ3v) is 5.08. The highest BCUT2D eigenvalue weighted by molar-refractivity contribution is 7.21. The summed E-state index contributed by atoms with van der Waals surface area (Å²) in [6.07, 6.45) is 0. The zero-order valence-corrected chi connectivity index (χ0v) is 13.1. The Morgan fingerprint density at radius 3 is 2.62 bits per heavy atom. The molecule has 0 aliphatic carbocycles. The second-order valence-electron chi connectivity index (χ2n) is 5.03. The molecule has 0 aliphatic heterocycles. The summed E-state index contributed by atoms with van der Waals surface area (Å²) in [5, 5.41) is 1.12. The predicted molar refractivity (Wildman–Crippen MR) is 86.1 cm³/mol. The van der Waals surface area contributed by atoms with Crippen LogP contribution < -0.4 is 0 Å². The molecule has 0 saturated heterocycles. The van der Waals surface area contributed by atoms with Crippen molar-refractivity contribution >= 4 is 38.8 Å². The molecule has 0 fully saturated rings. The molecule has 2 aromatic carbocycles. The minimum Gasteiger partial charge on any atom is -0.288 e. The number of ketones is 1. The first-order valence-electron chi connectivity index (χ1n) is 6.47. The van der Waals surface area contributed by atoms with Crippen molar-refractivity contribution in [2.45, 2.75) is 13.8 Å². The molecular formula is C17H12ClFOS. The standard InChI is InChI=1S/C17H12ClFOS/c1-9-3-5-12(10(2)7-9)16(20)17-15(18)13-6-4-11(19)8-14(13)21-17/h3-8H,1-2H3. The molecule has 0 bridgehead atoms. The molecule has 3 rings (SSSR count). The van der Waals surface area contributed by atoms with E-state index < -0.39 is 0 Å². The van der Waals surface area contributed by atoms with Gasteiger partial charge >= 0.3 is 0 Å². The lowest BCUT2D eigenvalue weighted by molar-refractivity contribution is 0.104. The van der Waals surface area contributed by atoms with Gasteiger partial charge in [-0.2, -0.15) is 0 Å². The molecule has 3 aromatic rings. The summed E-state index contributed by atoms with van der Waals surface area (Å²) in [5.74, 6) is -0.440. The fourth-order valence-corrected chi connectivity index (χ4v) is 3.87. The Morgan fingerprint density at radius 1 is 1.14 bits per heavy atom. The van der Waals surface area contributed by atoms with Crippen molar-refractivity contribution in [2.24, 2.45) is 0 Å². The second-order valence-corrected chi connectivity index (χ2v) is 6.46. The van der Waals surface area contributed by atoms with E-state index in [1.807, 2.05) is 32.0 Å². The maximum absolute atomic E-state index is 13.3. The third-order valence-electron chi connectivity index (χ3n) is 3.42. The number of thiophene rings is 1. The fourth-order valence-electron chi connectivity index (χ4n) is 2.38.